The minimum Gasteiger partial charge on any atom is -0.493 e. The molecule has 0 saturated carbocycles. The van der Waals surface area contributed by atoms with Crippen LogP contribution >= 0.6 is 11.6 Å². The maximum Gasteiger partial charge on any atom is 0.179 e. The Bertz CT molecular complexity index is 454. The number of rotatable bonds is 7. The van der Waals surface area contributed by atoms with Crippen molar-refractivity contribution in [2.24, 2.45) is 0 Å². The summed E-state index contributed by atoms with van der Waals surface area (Å²) in [5.74, 6) is 3.87. The number of benzene rings is 1. The highest BCUT2D eigenvalue weighted by Crippen LogP contribution is 2.35. The Morgan fingerprint density at radius 3 is 2.63 bits per heavy atom. The lowest BCUT2D eigenvalue weighted by Crippen LogP contribution is -2.27. The zero-order valence-corrected chi connectivity index (χ0v) is 12.4. The number of halogens is 1. The SMILES string of the molecule is C#CCC(CC)NCc1cc(Cl)c(OC)c(OC)c1. The van der Waals surface area contributed by atoms with E-state index in [1.807, 2.05) is 12.1 Å². The van der Waals surface area contributed by atoms with Gasteiger partial charge in [-0.3, -0.25) is 0 Å². The van der Waals surface area contributed by atoms with Gasteiger partial charge < -0.3 is 14.8 Å². The second-order valence-electron chi connectivity index (χ2n) is 4.21. The van der Waals surface area contributed by atoms with Crippen LogP contribution < -0.4 is 14.8 Å². The van der Waals surface area contributed by atoms with Gasteiger partial charge in [-0.2, -0.15) is 0 Å². The van der Waals surface area contributed by atoms with Crippen molar-refractivity contribution in [2.45, 2.75) is 32.4 Å². The zero-order chi connectivity index (χ0) is 14.3. The van der Waals surface area contributed by atoms with E-state index in [0.29, 0.717) is 29.1 Å². The van der Waals surface area contributed by atoms with Crippen LogP contribution in [0, 0.1) is 12.3 Å². The second kappa shape index (κ2) is 7.93. The Morgan fingerprint density at radius 2 is 2.11 bits per heavy atom. The number of ether oxygens (including phenoxy) is 2. The van der Waals surface area contributed by atoms with E-state index in [9.17, 15) is 0 Å². The molecule has 19 heavy (non-hydrogen) atoms. The third-order valence-corrected chi connectivity index (χ3v) is 3.23. The summed E-state index contributed by atoms with van der Waals surface area (Å²) in [5, 5.41) is 3.95. The maximum atomic E-state index is 6.16. The summed E-state index contributed by atoms with van der Waals surface area (Å²) in [6.45, 7) is 2.80. The van der Waals surface area contributed by atoms with E-state index >= 15 is 0 Å². The molecule has 1 rings (SSSR count). The molecule has 1 aromatic carbocycles. The summed E-state index contributed by atoms with van der Waals surface area (Å²) in [7, 11) is 3.17. The van der Waals surface area contributed by atoms with Crippen LogP contribution in [0.25, 0.3) is 0 Å². The lowest BCUT2D eigenvalue weighted by molar-refractivity contribution is 0.354. The lowest BCUT2D eigenvalue weighted by Gasteiger charge is -2.16. The Balaban J connectivity index is 2.79. The van der Waals surface area contributed by atoms with Crippen molar-refractivity contribution >= 4 is 11.6 Å². The van der Waals surface area contributed by atoms with E-state index in [4.69, 9.17) is 27.5 Å². The second-order valence-corrected chi connectivity index (χ2v) is 4.61. The Morgan fingerprint density at radius 1 is 1.37 bits per heavy atom. The van der Waals surface area contributed by atoms with Crippen molar-refractivity contribution in [3.8, 4) is 23.8 Å². The van der Waals surface area contributed by atoms with Crippen LogP contribution in [-0.2, 0) is 6.54 Å². The average molecular weight is 282 g/mol. The van der Waals surface area contributed by atoms with E-state index in [-0.39, 0.29) is 0 Å². The summed E-state index contributed by atoms with van der Waals surface area (Å²) in [4.78, 5) is 0. The third kappa shape index (κ3) is 4.34. The van der Waals surface area contributed by atoms with Gasteiger partial charge in [-0.1, -0.05) is 18.5 Å². The fourth-order valence-electron chi connectivity index (χ4n) is 1.84. The topological polar surface area (TPSA) is 30.5 Å². The van der Waals surface area contributed by atoms with Crippen LogP contribution in [-0.4, -0.2) is 20.3 Å². The van der Waals surface area contributed by atoms with E-state index < -0.39 is 0 Å². The molecule has 0 bridgehead atoms. The van der Waals surface area contributed by atoms with E-state index in [1.54, 1.807) is 14.2 Å². The Kier molecular flexibility index (Phi) is 6.55. The largest absolute Gasteiger partial charge is 0.493 e. The normalized spacial score (nSPS) is 11.7. The first-order valence-electron chi connectivity index (χ1n) is 6.23. The predicted octanol–water partition coefficient (Wildman–Crippen LogP) is 3.25. The van der Waals surface area contributed by atoms with Gasteiger partial charge in [0.25, 0.3) is 0 Å². The number of methoxy groups -OCH3 is 2. The molecule has 0 saturated heterocycles. The Hall–Kier alpha value is -1.37. The molecule has 0 spiro atoms. The van der Waals surface area contributed by atoms with Crippen molar-refractivity contribution in [3.05, 3.63) is 22.7 Å². The molecule has 0 aliphatic carbocycles. The molecule has 3 nitrogen and oxygen atoms in total. The molecule has 1 aromatic rings. The van der Waals surface area contributed by atoms with E-state index in [0.717, 1.165) is 18.4 Å². The molecule has 0 heterocycles. The quantitative estimate of drug-likeness (QED) is 0.778. The van der Waals surface area contributed by atoms with Gasteiger partial charge in [0.15, 0.2) is 11.5 Å². The lowest BCUT2D eigenvalue weighted by atomic mass is 10.1. The van der Waals surface area contributed by atoms with Gasteiger partial charge in [0.2, 0.25) is 0 Å². The molecule has 0 aromatic heterocycles. The summed E-state index contributed by atoms with van der Waals surface area (Å²) < 4.78 is 10.5. The standard InChI is InChI=1S/C15H20ClNO2/c1-5-7-12(6-2)17-10-11-8-13(16)15(19-4)14(9-11)18-3/h1,8-9,12,17H,6-7,10H2,2-4H3. The van der Waals surface area contributed by atoms with Gasteiger partial charge in [-0.15, -0.1) is 12.3 Å². The zero-order valence-electron chi connectivity index (χ0n) is 11.6. The monoisotopic (exact) mass is 281 g/mol. The van der Waals surface area contributed by atoms with Gasteiger partial charge in [-0.25, -0.2) is 0 Å². The first-order chi connectivity index (χ1) is 9.15. The van der Waals surface area contributed by atoms with Crippen LogP contribution in [0.1, 0.15) is 25.3 Å². The van der Waals surface area contributed by atoms with Crippen LogP contribution in [0.5, 0.6) is 11.5 Å². The molecule has 1 N–H and O–H groups in total. The van der Waals surface area contributed by atoms with Gasteiger partial charge >= 0.3 is 0 Å². The van der Waals surface area contributed by atoms with Gasteiger partial charge in [-0.05, 0) is 24.1 Å². The minimum atomic E-state index is 0.317. The molecule has 0 fully saturated rings. The van der Waals surface area contributed by atoms with Gasteiger partial charge in [0.1, 0.15) is 0 Å². The molecule has 0 aliphatic rings. The third-order valence-electron chi connectivity index (χ3n) is 2.95. The first-order valence-corrected chi connectivity index (χ1v) is 6.61. The molecular weight excluding hydrogens is 262 g/mol. The molecule has 104 valence electrons. The van der Waals surface area contributed by atoms with Crippen LogP contribution in [0.3, 0.4) is 0 Å². The highest BCUT2D eigenvalue weighted by Gasteiger charge is 2.11. The molecule has 4 heteroatoms. The fraction of sp³-hybridized carbons (Fsp3) is 0.467. The molecule has 1 unspecified atom stereocenters. The Labute approximate surface area is 120 Å². The minimum absolute atomic E-state index is 0.317. The van der Waals surface area contributed by atoms with Crippen LogP contribution in [0.15, 0.2) is 12.1 Å². The maximum absolute atomic E-state index is 6.16. The molecule has 0 radical (unpaired) electrons. The summed E-state index contributed by atoms with van der Waals surface area (Å²) in [6.07, 6.45) is 7.05. The van der Waals surface area contributed by atoms with Gasteiger partial charge in [0.05, 0.1) is 19.2 Å². The van der Waals surface area contributed by atoms with Crippen LogP contribution in [0.4, 0.5) is 0 Å². The highest BCUT2D eigenvalue weighted by atomic mass is 35.5. The first kappa shape index (κ1) is 15.7. The summed E-state index contributed by atoms with van der Waals surface area (Å²) in [5.41, 5.74) is 1.04. The number of terminal acetylenes is 1. The van der Waals surface area contributed by atoms with E-state index in [1.165, 1.54) is 0 Å². The van der Waals surface area contributed by atoms with E-state index in [2.05, 4.69) is 18.2 Å². The van der Waals surface area contributed by atoms with Crippen molar-refractivity contribution in [1.82, 2.24) is 5.32 Å². The predicted molar refractivity (Wildman–Crippen MR) is 78.9 cm³/mol. The fourth-order valence-corrected chi connectivity index (χ4v) is 2.15. The summed E-state index contributed by atoms with van der Waals surface area (Å²) in [6, 6.07) is 4.11. The average Bonchev–Trinajstić information content (AvgIpc) is 2.42. The molecular formula is C15H20ClNO2. The van der Waals surface area contributed by atoms with Crippen molar-refractivity contribution in [3.63, 3.8) is 0 Å². The van der Waals surface area contributed by atoms with Crippen LogP contribution in [0.2, 0.25) is 5.02 Å². The van der Waals surface area contributed by atoms with Crippen molar-refractivity contribution in [2.75, 3.05) is 14.2 Å². The smallest absolute Gasteiger partial charge is 0.179 e. The molecule has 0 aliphatic heterocycles. The number of hydrogen-bond acceptors (Lipinski definition) is 3. The van der Waals surface area contributed by atoms with Crippen molar-refractivity contribution < 1.29 is 9.47 Å². The molecule has 0 amide bonds. The number of nitrogens with one attached hydrogen (secondary N) is 1. The summed E-state index contributed by atoms with van der Waals surface area (Å²) >= 11 is 6.16. The highest BCUT2D eigenvalue weighted by molar-refractivity contribution is 6.32. The number of hydrogen-bond donors (Lipinski definition) is 1. The van der Waals surface area contributed by atoms with Crippen molar-refractivity contribution in [1.29, 1.82) is 0 Å². The van der Waals surface area contributed by atoms with Gasteiger partial charge in [0, 0.05) is 19.0 Å². The molecule has 1 atom stereocenters.